The average Bonchev–Trinajstić information content (AvgIpc) is 2.46. The van der Waals surface area contributed by atoms with E-state index in [2.05, 4.69) is 58.3 Å². The van der Waals surface area contributed by atoms with Crippen LogP contribution in [0, 0.1) is 0 Å². The highest BCUT2D eigenvalue weighted by molar-refractivity contribution is 5.43. The van der Waals surface area contributed by atoms with E-state index < -0.39 is 0 Å². The van der Waals surface area contributed by atoms with Crippen molar-refractivity contribution in [2.24, 2.45) is 5.84 Å². The molecular formula is C13H27N7. The largest absolute Gasteiger partial charge is 0.352 e. The van der Waals surface area contributed by atoms with Crippen LogP contribution in [0.4, 0.5) is 17.8 Å². The van der Waals surface area contributed by atoms with Crippen LogP contribution in [0.1, 0.15) is 47.0 Å². The van der Waals surface area contributed by atoms with Crippen molar-refractivity contribution in [2.75, 3.05) is 28.7 Å². The number of hydrazine groups is 1. The minimum absolute atomic E-state index is 0.326. The maximum atomic E-state index is 5.43. The first-order valence-electron chi connectivity index (χ1n) is 7.38. The van der Waals surface area contributed by atoms with E-state index in [4.69, 9.17) is 5.84 Å². The fraction of sp³-hybridized carbons (Fsp3) is 0.769. The van der Waals surface area contributed by atoms with E-state index in [1.807, 2.05) is 0 Å². The number of nitrogen functional groups attached to an aromatic ring is 1. The van der Waals surface area contributed by atoms with Crippen molar-refractivity contribution in [1.29, 1.82) is 0 Å². The van der Waals surface area contributed by atoms with E-state index in [9.17, 15) is 0 Å². The van der Waals surface area contributed by atoms with Crippen molar-refractivity contribution in [3.05, 3.63) is 0 Å². The predicted octanol–water partition coefficient (Wildman–Crippen LogP) is 1.99. The van der Waals surface area contributed by atoms with Gasteiger partial charge in [-0.25, -0.2) is 5.84 Å². The molecule has 1 heterocycles. The fourth-order valence-electron chi connectivity index (χ4n) is 1.94. The molecule has 7 nitrogen and oxygen atoms in total. The van der Waals surface area contributed by atoms with Crippen LogP contribution in [0.25, 0.3) is 0 Å². The van der Waals surface area contributed by atoms with E-state index in [0.717, 1.165) is 19.5 Å². The van der Waals surface area contributed by atoms with Crippen LogP contribution in [-0.4, -0.2) is 34.1 Å². The highest BCUT2D eigenvalue weighted by atomic mass is 15.4. The number of nitrogens with zero attached hydrogens (tertiary/aromatic N) is 4. The lowest BCUT2D eigenvalue weighted by atomic mass is 10.1. The predicted molar refractivity (Wildman–Crippen MR) is 83.8 cm³/mol. The maximum absolute atomic E-state index is 5.43. The van der Waals surface area contributed by atoms with E-state index in [0.29, 0.717) is 23.9 Å². The average molecular weight is 281 g/mol. The maximum Gasteiger partial charge on any atom is 0.243 e. The van der Waals surface area contributed by atoms with E-state index in [1.165, 1.54) is 12.8 Å². The summed E-state index contributed by atoms with van der Waals surface area (Å²) in [7, 11) is 0. The molecule has 1 unspecified atom stereocenters. The zero-order valence-corrected chi connectivity index (χ0v) is 13.0. The van der Waals surface area contributed by atoms with Gasteiger partial charge in [0.25, 0.3) is 0 Å². The number of aromatic nitrogens is 3. The SMILES string of the molecule is CCCCC(C)Nc1nc(NN)nc(N(CC)CC)n1. The Kier molecular flexibility index (Phi) is 7.00. The van der Waals surface area contributed by atoms with Crippen LogP contribution in [0.15, 0.2) is 0 Å². The van der Waals surface area contributed by atoms with Gasteiger partial charge in [0.15, 0.2) is 0 Å². The second-order valence-electron chi connectivity index (χ2n) is 4.79. The quantitative estimate of drug-likeness (QED) is 0.471. The summed E-state index contributed by atoms with van der Waals surface area (Å²) < 4.78 is 0. The second kappa shape index (κ2) is 8.52. The molecule has 1 rings (SSSR count). The Bertz CT molecular complexity index is 392. The van der Waals surface area contributed by atoms with E-state index in [-0.39, 0.29) is 0 Å². The summed E-state index contributed by atoms with van der Waals surface area (Å²) in [5.41, 5.74) is 2.50. The van der Waals surface area contributed by atoms with Crippen molar-refractivity contribution < 1.29 is 0 Å². The molecular weight excluding hydrogens is 254 g/mol. The molecule has 0 radical (unpaired) electrons. The standard InChI is InChI=1S/C13H27N7/c1-5-8-9-10(4)15-11-16-12(19-14)18-13(17-11)20(6-2)7-3/h10H,5-9,14H2,1-4H3,(H2,15,16,17,18,19). The third-order valence-electron chi connectivity index (χ3n) is 3.17. The van der Waals surface area contributed by atoms with Crippen molar-refractivity contribution >= 4 is 17.8 Å². The Morgan fingerprint density at radius 3 is 2.30 bits per heavy atom. The Balaban J connectivity index is 2.87. The summed E-state index contributed by atoms with van der Waals surface area (Å²) in [6.45, 7) is 10.1. The molecule has 1 aromatic rings. The Labute approximate surface area is 121 Å². The van der Waals surface area contributed by atoms with Crippen LogP contribution >= 0.6 is 0 Å². The summed E-state index contributed by atoms with van der Waals surface area (Å²) in [6.07, 6.45) is 3.46. The topological polar surface area (TPSA) is 92.0 Å². The van der Waals surface area contributed by atoms with Crippen LogP contribution < -0.4 is 21.5 Å². The molecule has 0 amide bonds. The van der Waals surface area contributed by atoms with Crippen LogP contribution in [0.5, 0.6) is 0 Å². The normalized spacial score (nSPS) is 12.1. The van der Waals surface area contributed by atoms with Gasteiger partial charge < -0.3 is 10.2 Å². The van der Waals surface area contributed by atoms with Crippen molar-refractivity contribution in [3.63, 3.8) is 0 Å². The van der Waals surface area contributed by atoms with Crippen LogP contribution in [0.3, 0.4) is 0 Å². The van der Waals surface area contributed by atoms with Crippen molar-refractivity contribution in [3.8, 4) is 0 Å². The van der Waals surface area contributed by atoms with Gasteiger partial charge in [0.05, 0.1) is 0 Å². The van der Waals surface area contributed by atoms with E-state index >= 15 is 0 Å². The van der Waals surface area contributed by atoms with Gasteiger partial charge >= 0.3 is 0 Å². The Morgan fingerprint density at radius 2 is 1.75 bits per heavy atom. The minimum atomic E-state index is 0.326. The smallest absolute Gasteiger partial charge is 0.243 e. The summed E-state index contributed by atoms with van der Waals surface area (Å²) in [6, 6.07) is 0.326. The molecule has 0 fully saturated rings. The molecule has 4 N–H and O–H groups in total. The second-order valence-corrected chi connectivity index (χ2v) is 4.79. The van der Waals surface area contributed by atoms with E-state index in [1.54, 1.807) is 0 Å². The van der Waals surface area contributed by atoms with Crippen molar-refractivity contribution in [2.45, 2.75) is 53.0 Å². The molecule has 0 saturated heterocycles. The molecule has 0 aliphatic heterocycles. The molecule has 7 heteroatoms. The third kappa shape index (κ3) is 4.80. The molecule has 0 aliphatic carbocycles. The zero-order chi connectivity index (χ0) is 15.0. The molecule has 20 heavy (non-hydrogen) atoms. The Morgan fingerprint density at radius 1 is 1.10 bits per heavy atom. The molecule has 0 spiro atoms. The van der Waals surface area contributed by atoms with Gasteiger partial charge in [0.1, 0.15) is 0 Å². The minimum Gasteiger partial charge on any atom is -0.352 e. The first-order chi connectivity index (χ1) is 9.64. The fourth-order valence-corrected chi connectivity index (χ4v) is 1.94. The van der Waals surface area contributed by atoms with Gasteiger partial charge in [-0.3, -0.25) is 5.43 Å². The molecule has 0 saturated carbocycles. The molecule has 1 atom stereocenters. The van der Waals surface area contributed by atoms with Crippen molar-refractivity contribution in [1.82, 2.24) is 15.0 Å². The lowest BCUT2D eigenvalue weighted by Crippen LogP contribution is -2.27. The lowest BCUT2D eigenvalue weighted by Gasteiger charge is -2.20. The van der Waals surface area contributed by atoms with Gasteiger partial charge in [-0.1, -0.05) is 19.8 Å². The summed E-state index contributed by atoms with van der Waals surface area (Å²) in [5.74, 6) is 7.02. The number of nitrogens with two attached hydrogens (primary N) is 1. The number of rotatable bonds is 9. The molecule has 1 aromatic heterocycles. The summed E-state index contributed by atoms with van der Waals surface area (Å²) >= 11 is 0. The van der Waals surface area contributed by atoms with Crippen LogP contribution in [0.2, 0.25) is 0 Å². The van der Waals surface area contributed by atoms with Gasteiger partial charge in [0.2, 0.25) is 17.8 Å². The van der Waals surface area contributed by atoms with Gasteiger partial charge in [-0.2, -0.15) is 15.0 Å². The molecule has 0 aromatic carbocycles. The highest BCUT2D eigenvalue weighted by Gasteiger charge is 2.12. The Hall–Kier alpha value is -1.63. The number of nitrogens with one attached hydrogen (secondary N) is 2. The summed E-state index contributed by atoms with van der Waals surface area (Å²) in [4.78, 5) is 15.1. The third-order valence-corrected chi connectivity index (χ3v) is 3.17. The first-order valence-corrected chi connectivity index (χ1v) is 7.38. The van der Waals surface area contributed by atoms with Gasteiger partial charge in [0, 0.05) is 19.1 Å². The summed E-state index contributed by atoms with van der Waals surface area (Å²) in [5, 5.41) is 3.31. The number of hydrogen-bond donors (Lipinski definition) is 3. The lowest BCUT2D eigenvalue weighted by molar-refractivity contribution is 0.640. The van der Waals surface area contributed by atoms with Crippen LogP contribution in [-0.2, 0) is 0 Å². The number of unbranched alkanes of at least 4 members (excludes halogenated alkanes) is 1. The molecule has 0 aliphatic rings. The van der Waals surface area contributed by atoms with Gasteiger partial charge in [-0.15, -0.1) is 0 Å². The first kappa shape index (κ1) is 16.4. The zero-order valence-electron chi connectivity index (χ0n) is 13.0. The number of hydrogen-bond acceptors (Lipinski definition) is 7. The molecule has 114 valence electrons. The monoisotopic (exact) mass is 281 g/mol. The molecule has 0 bridgehead atoms. The number of anilines is 3. The van der Waals surface area contributed by atoms with Gasteiger partial charge in [-0.05, 0) is 27.2 Å². The highest BCUT2D eigenvalue weighted by Crippen LogP contribution is 2.14.